The minimum Gasteiger partial charge on any atom is -0.450 e. The first-order valence-corrected chi connectivity index (χ1v) is 8.29. The van der Waals surface area contributed by atoms with Gasteiger partial charge in [0.15, 0.2) is 0 Å². The fourth-order valence-electron chi connectivity index (χ4n) is 3.21. The van der Waals surface area contributed by atoms with Gasteiger partial charge in [-0.25, -0.2) is 4.79 Å². The van der Waals surface area contributed by atoms with E-state index < -0.39 is 0 Å². The molecule has 2 saturated heterocycles. The van der Waals surface area contributed by atoms with Crippen LogP contribution in [0, 0.1) is 0 Å². The number of carbonyl (C=O) groups is 1. The maximum Gasteiger partial charge on any atom is 0.409 e. The smallest absolute Gasteiger partial charge is 0.409 e. The van der Waals surface area contributed by atoms with Gasteiger partial charge in [0, 0.05) is 50.6 Å². The Hall–Kier alpha value is -1.91. The van der Waals surface area contributed by atoms with Crippen LogP contribution in [0.25, 0.3) is 0 Å². The summed E-state index contributed by atoms with van der Waals surface area (Å²) in [5.74, 6) is 0. The van der Waals surface area contributed by atoms with Gasteiger partial charge in [-0.15, -0.1) is 0 Å². The molecule has 0 N–H and O–H groups in total. The van der Waals surface area contributed by atoms with Gasteiger partial charge in [-0.1, -0.05) is 0 Å². The van der Waals surface area contributed by atoms with Crippen LogP contribution in [0.15, 0.2) is 24.3 Å². The molecule has 1 amide bonds. The Balaban J connectivity index is 1.55. The standard InChI is InChI=1S/C17H25N3O2/c1-2-22-17(21)20-13-11-19(12-14-20)16-7-5-15(6-8-16)18-9-3-4-10-18/h5-8H,2-4,9-14H2,1H3. The van der Waals surface area contributed by atoms with Crippen molar-refractivity contribution in [3.8, 4) is 0 Å². The van der Waals surface area contributed by atoms with Crippen LogP contribution in [0.1, 0.15) is 19.8 Å². The first-order valence-electron chi connectivity index (χ1n) is 8.29. The van der Waals surface area contributed by atoms with Crippen molar-refractivity contribution in [1.29, 1.82) is 0 Å². The Kier molecular flexibility index (Phi) is 4.71. The number of ether oxygens (including phenoxy) is 1. The first-order chi connectivity index (χ1) is 10.8. The number of anilines is 2. The van der Waals surface area contributed by atoms with Crippen molar-refractivity contribution in [1.82, 2.24) is 4.90 Å². The lowest BCUT2D eigenvalue weighted by atomic mass is 10.2. The van der Waals surface area contributed by atoms with Crippen molar-refractivity contribution in [2.75, 3.05) is 55.7 Å². The van der Waals surface area contributed by atoms with E-state index in [4.69, 9.17) is 4.74 Å². The van der Waals surface area contributed by atoms with Gasteiger partial charge in [-0.3, -0.25) is 0 Å². The molecule has 5 nitrogen and oxygen atoms in total. The molecule has 120 valence electrons. The van der Waals surface area contributed by atoms with Gasteiger partial charge in [-0.2, -0.15) is 0 Å². The van der Waals surface area contributed by atoms with Gasteiger partial charge in [0.1, 0.15) is 0 Å². The third kappa shape index (κ3) is 3.29. The molecular weight excluding hydrogens is 278 g/mol. The van der Waals surface area contributed by atoms with Gasteiger partial charge >= 0.3 is 6.09 Å². The molecule has 22 heavy (non-hydrogen) atoms. The fourth-order valence-corrected chi connectivity index (χ4v) is 3.21. The average molecular weight is 303 g/mol. The van der Waals surface area contributed by atoms with Crippen molar-refractivity contribution >= 4 is 17.5 Å². The molecule has 0 spiro atoms. The molecule has 3 rings (SSSR count). The van der Waals surface area contributed by atoms with Crippen LogP contribution in [-0.4, -0.2) is 56.9 Å². The van der Waals surface area contributed by atoms with E-state index in [9.17, 15) is 4.79 Å². The fraction of sp³-hybridized carbons (Fsp3) is 0.588. The van der Waals surface area contributed by atoms with Crippen LogP contribution in [0.5, 0.6) is 0 Å². The Morgan fingerprint density at radius 1 is 0.909 bits per heavy atom. The van der Waals surface area contributed by atoms with Crippen LogP contribution >= 0.6 is 0 Å². The zero-order valence-electron chi connectivity index (χ0n) is 13.3. The molecule has 2 heterocycles. The highest BCUT2D eigenvalue weighted by Gasteiger charge is 2.22. The Morgan fingerprint density at radius 3 is 1.91 bits per heavy atom. The van der Waals surface area contributed by atoms with E-state index in [-0.39, 0.29) is 6.09 Å². The van der Waals surface area contributed by atoms with Crippen LogP contribution in [-0.2, 0) is 4.74 Å². The van der Waals surface area contributed by atoms with Gasteiger partial charge in [-0.05, 0) is 44.0 Å². The van der Waals surface area contributed by atoms with E-state index >= 15 is 0 Å². The van der Waals surface area contributed by atoms with E-state index in [1.165, 1.54) is 37.3 Å². The Labute approximate surface area is 132 Å². The third-order valence-corrected chi connectivity index (χ3v) is 4.49. The zero-order valence-corrected chi connectivity index (χ0v) is 13.3. The number of hydrogen-bond acceptors (Lipinski definition) is 4. The molecule has 2 aliphatic rings. The first kappa shape index (κ1) is 15.0. The zero-order chi connectivity index (χ0) is 15.4. The number of piperazine rings is 1. The molecular formula is C17H25N3O2. The molecule has 0 saturated carbocycles. The summed E-state index contributed by atoms with van der Waals surface area (Å²) >= 11 is 0. The van der Waals surface area contributed by atoms with Crippen molar-refractivity contribution in [3.63, 3.8) is 0 Å². The van der Waals surface area contributed by atoms with Crippen LogP contribution in [0.4, 0.5) is 16.2 Å². The molecule has 0 unspecified atom stereocenters. The summed E-state index contributed by atoms with van der Waals surface area (Å²) in [6.45, 7) is 7.82. The maximum absolute atomic E-state index is 11.7. The molecule has 0 radical (unpaired) electrons. The normalized spacial score (nSPS) is 18.7. The van der Waals surface area contributed by atoms with Crippen molar-refractivity contribution in [2.24, 2.45) is 0 Å². The quantitative estimate of drug-likeness (QED) is 0.860. The minimum atomic E-state index is -0.188. The van der Waals surface area contributed by atoms with E-state index in [2.05, 4.69) is 34.1 Å². The summed E-state index contributed by atoms with van der Waals surface area (Å²) in [6, 6.07) is 8.85. The Bertz CT molecular complexity index is 489. The summed E-state index contributed by atoms with van der Waals surface area (Å²) in [4.78, 5) is 18.3. The van der Waals surface area contributed by atoms with Gasteiger partial charge in [0.2, 0.25) is 0 Å². The number of carbonyl (C=O) groups excluding carboxylic acids is 1. The molecule has 0 bridgehead atoms. The summed E-state index contributed by atoms with van der Waals surface area (Å²) in [5.41, 5.74) is 2.57. The number of amides is 1. The average Bonchev–Trinajstić information content (AvgIpc) is 3.10. The second kappa shape index (κ2) is 6.90. The number of benzene rings is 1. The molecule has 1 aromatic rings. The van der Waals surface area contributed by atoms with Gasteiger partial charge in [0.25, 0.3) is 0 Å². The highest BCUT2D eigenvalue weighted by atomic mass is 16.6. The SMILES string of the molecule is CCOC(=O)N1CCN(c2ccc(N3CCCC3)cc2)CC1. The minimum absolute atomic E-state index is 0.188. The van der Waals surface area contributed by atoms with E-state index in [1.54, 1.807) is 4.90 Å². The van der Waals surface area contributed by atoms with E-state index in [0.29, 0.717) is 6.61 Å². The molecule has 2 aliphatic heterocycles. The highest BCUT2D eigenvalue weighted by Crippen LogP contribution is 2.24. The lowest BCUT2D eigenvalue weighted by Gasteiger charge is -2.35. The predicted octanol–water partition coefficient (Wildman–Crippen LogP) is 2.57. The van der Waals surface area contributed by atoms with Crippen molar-refractivity contribution < 1.29 is 9.53 Å². The molecule has 5 heteroatoms. The topological polar surface area (TPSA) is 36.0 Å². The lowest BCUT2D eigenvalue weighted by molar-refractivity contribution is 0.105. The molecule has 1 aromatic carbocycles. The van der Waals surface area contributed by atoms with Crippen molar-refractivity contribution in [2.45, 2.75) is 19.8 Å². The summed E-state index contributed by atoms with van der Waals surface area (Å²) < 4.78 is 5.06. The largest absolute Gasteiger partial charge is 0.450 e. The second-order valence-electron chi connectivity index (χ2n) is 5.88. The van der Waals surface area contributed by atoms with Crippen LogP contribution in [0.3, 0.4) is 0 Å². The van der Waals surface area contributed by atoms with Gasteiger partial charge < -0.3 is 19.4 Å². The summed E-state index contributed by atoms with van der Waals surface area (Å²) in [6.07, 6.45) is 2.42. The lowest BCUT2D eigenvalue weighted by Crippen LogP contribution is -2.49. The van der Waals surface area contributed by atoms with Crippen molar-refractivity contribution in [3.05, 3.63) is 24.3 Å². The number of rotatable bonds is 3. The van der Waals surface area contributed by atoms with Crippen LogP contribution in [0.2, 0.25) is 0 Å². The van der Waals surface area contributed by atoms with Crippen LogP contribution < -0.4 is 9.80 Å². The van der Waals surface area contributed by atoms with E-state index in [1.807, 2.05) is 6.92 Å². The molecule has 0 aliphatic carbocycles. The third-order valence-electron chi connectivity index (χ3n) is 4.49. The second-order valence-corrected chi connectivity index (χ2v) is 5.88. The monoisotopic (exact) mass is 303 g/mol. The molecule has 0 aromatic heterocycles. The highest BCUT2D eigenvalue weighted by molar-refractivity contribution is 5.68. The Morgan fingerprint density at radius 2 is 1.41 bits per heavy atom. The molecule has 2 fully saturated rings. The molecule has 0 atom stereocenters. The predicted molar refractivity (Wildman–Crippen MR) is 88.7 cm³/mol. The van der Waals surface area contributed by atoms with Gasteiger partial charge in [0.05, 0.1) is 6.61 Å². The number of hydrogen-bond donors (Lipinski definition) is 0. The van der Waals surface area contributed by atoms with E-state index in [0.717, 1.165) is 26.2 Å². The maximum atomic E-state index is 11.7. The summed E-state index contributed by atoms with van der Waals surface area (Å²) in [7, 11) is 0. The summed E-state index contributed by atoms with van der Waals surface area (Å²) in [5, 5.41) is 0. The number of nitrogens with zero attached hydrogens (tertiary/aromatic N) is 3.